The molecular formula is C14H22N4O. The second-order valence-corrected chi connectivity index (χ2v) is 5.93. The van der Waals surface area contributed by atoms with E-state index in [2.05, 4.69) is 24.1 Å². The standard InChI is InChI=1S/C14H22N4O/c1-14(2)8-4-3-5-11(14)18-13-9(15)6-7-10(17-13)12(16)19/h6-7,11H,3-5,8,15H2,1-2H3,(H2,16,19)(H,17,18). The number of anilines is 2. The van der Waals surface area contributed by atoms with Crippen LogP contribution in [0.5, 0.6) is 0 Å². The van der Waals surface area contributed by atoms with Gasteiger partial charge < -0.3 is 16.8 Å². The first-order chi connectivity index (χ1) is 8.90. The summed E-state index contributed by atoms with van der Waals surface area (Å²) in [5, 5.41) is 3.39. The van der Waals surface area contributed by atoms with Crippen molar-refractivity contribution in [2.24, 2.45) is 11.1 Å². The molecule has 0 aliphatic heterocycles. The van der Waals surface area contributed by atoms with E-state index in [-0.39, 0.29) is 11.1 Å². The Kier molecular flexibility index (Phi) is 3.64. The average Bonchev–Trinajstić information content (AvgIpc) is 2.34. The van der Waals surface area contributed by atoms with E-state index < -0.39 is 5.91 Å². The van der Waals surface area contributed by atoms with E-state index in [0.717, 1.165) is 6.42 Å². The predicted octanol–water partition coefficient (Wildman–Crippen LogP) is 2.14. The molecule has 1 unspecified atom stereocenters. The van der Waals surface area contributed by atoms with Crippen molar-refractivity contribution in [2.45, 2.75) is 45.6 Å². The third-order valence-electron chi connectivity index (χ3n) is 4.00. The van der Waals surface area contributed by atoms with Gasteiger partial charge in [0.25, 0.3) is 5.91 Å². The van der Waals surface area contributed by atoms with Gasteiger partial charge in [0.2, 0.25) is 0 Å². The quantitative estimate of drug-likeness (QED) is 0.778. The second kappa shape index (κ2) is 5.07. The Bertz CT molecular complexity index is 484. The van der Waals surface area contributed by atoms with Crippen molar-refractivity contribution in [3.8, 4) is 0 Å². The molecule has 5 nitrogen and oxygen atoms in total. The molecule has 1 aliphatic rings. The van der Waals surface area contributed by atoms with Crippen LogP contribution in [0.2, 0.25) is 0 Å². The molecule has 1 aliphatic carbocycles. The number of hydrogen-bond donors (Lipinski definition) is 3. The second-order valence-electron chi connectivity index (χ2n) is 5.93. The number of rotatable bonds is 3. The molecule has 0 saturated heterocycles. The van der Waals surface area contributed by atoms with E-state index in [4.69, 9.17) is 11.5 Å². The van der Waals surface area contributed by atoms with Gasteiger partial charge >= 0.3 is 0 Å². The molecule has 1 amide bonds. The maximum Gasteiger partial charge on any atom is 0.267 e. The highest BCUT2D eigenvalue weighted by Gasteiger charge is 2.32. The summed E-state index contributed by atoms with van der Waals surface area (Å²) in [6, 6.07) is 3.54. The minimum absolute atomic E-state index is 0.203. The summed E-state index contributed by atoms with van der Waals surface area (Å²) in [6.45, 7) is 4.50. The first-order valence-electron chi connectivity index (χ1n) is 6.73. The van der Waals surface area contributed by atoms with Crippen LogP contribution in [-0.2, 0) is 0 Å². The molecule has 0 bridgehead atoms. The maximum absolute atomic E-state index is 11.2. The van der Waals surface area contributed by atoms with Crippen molar-refractivity contribution < 1.29 is 4.79 Å². The number of nitrogen functional groups attached to an aromatic ring is 1. The van der Waals surface area contributed by atoms with Crippen LogP contribution in [0.15, 0.2) is 12.1 Å². The lowest BCUT2D eigenvalue weighted by atomic mass is 9.73. The number of nitrogens with zero attached hydrogens (tertiary/aromatic N) is 1. The average molecular weight is 262 g/mol. The van der Waals surface area contributed by atoms with E-state index in [0.29, 0.717) is 17.5 Å². The Morgan fingerprint density at radius 3 is 2.79 bits per heavy atom. The van der Waals surface area contributed by atoms with Crippen molar-refractivity contribution >= 4 is 17.4 Å². The number of amides is 1. The molecule has 0 aromatic carbocycles. The van der Waals surface area contributed by atoms with Gasteiger partial charge in [-0.15, -0.1) is 0 Å². The highest BCUT2D eigenvalue weighted by Crippen LogP contribution is 2.37. The molecule has 19 heavy (non-hydrogen) atoms. The summed E-state index contributed by atoms with van der Waals surface area (Å²) in [5.74, 6) is 0.0298. The van der Waals surface area contributed by atoms with Gasteiger partial charge in [-0.1, -0.05) is 26.7 Å². The zero-order valence-corrected chi connectivity index (χ0v) is 11.6. The number of primary amides is 1. The van der Waals surface area contributed by atoms with Crippen LogP contribution in [-0.4, -0.2) is 16.9 Å². The van der Waals surface area contributed by atoms with E-state index in [1.54, 1.807) is 12.1 Å². The molecule has 2 rings (SSSR count). The molecular weight excluding hydrogens is 240 g/mol. The van der Waals surface area contributed by atoms with Gasteiger partial charge in [0.05, 0.1) is 5.69 Å². The normalized spacial score (nSPS) is 21.9. The molecule has 0 radical (unpaired) electrons. The Balaban J connectivity index is 2.22. The van der Waals surface area contributed by atoms with Crippen molar-refractivity contribution in [1.82, 2.24) is 4.98 Å². The highest BCUT2D eigenvalue weighted by molar-refractivity contribution is 5.91. The molecule has 1 aromatic heterocycles. The number of carbonyl (C=O) groups is 1. The lowest BCUT2D eigenvalue weighted by Gasteiger charge is -2.39. The Morgan fingerprint density at radius 1 is 1.42 bits per heavy atom. The summed E-state index contributed by atoms with van der Waals surface area (Å²) in [4.78, 5) is 15.4. The van der Waals surface area contributed by atoms with Gasteiger partial charge in [-0.25, -0.2) is 4.98 Å². The van der Waals surface area contributed by atoms with Gasteiger partial charge in [-0.05, 0) is 30.4 Å². The van der Waals surface area contributed by atoms with Gasteiger partial charge in [-0.2, -0.15) is 0 Å². The summed E-state index contributed by atoms with van der Waals surface area (Å²) in [5.41, 5.74) is 12.2. The van der Waals surface area contributed by atoms with Crippen LogP contribution in [0, 0.1) is 5.41 Å². The topological polar surface area (TPSA) is 94.0 Å². The monoisotopic (exact) mass is 262 g/mol. The minimum Gasteiger partial charge on any atom is -0.396 e. The third kappa shape index (κ3) is 2.97. The zero-order valence-electron chi connectivity index (χ0n) is 11.6. The number of carbonyl (C=O) groups excluding carboxylic acids is 1. The Labute approximate surface area is 113 Å². The van der Waals surface area contributed by atoms with Crippen molar-refractivity contribution in [2.75, 3.05) is 11.1 Å². The zero-order chi connectivity index (χ0) is 14.0. The van der Waals surface area contributed by atoms with Crippen LogP contribution in [0.3, 0.4) is 0 Å². The number of pyridine rings is 1. The fourth-order valence-electron chi connectivity index (χ4n) is 2.65. The molecule has 1 aromatic rings. The van der Waals surface area contributed by atoms with Gasteiger partial charge in [0.15, 0.2) is 0 Å². The third-order valence-corrected chi connectivity index (χ3v) is 4.00. The maximum atomic E-state index is 11.2. The summed E-state index contributed by atoms with van der Waals surface area (Å²) in [6.07, 6.45) is 4.74. The number of nitrogens with two attached hydrogens (primary N) is 2. The number of nitrogens with one attached hydrogen (secondary N) is 1. The van der Waals surface area contributed by atoms with Gasteiger partial charge in [-0.3, -0.25) is 4.79 Å². The minimum atomic E-state index is -0.536. The fourth-order valence-corrected chi connectivity index (χ4v) is 2.65. The largest absolute Gasteiger partial charge is 0.396 e. The fraction of sp³-hybridized carbons (Fsp3) is 0.571. The van der Waals surface area contributed by atoms with Crippen LogP contribution < -0.4 is 16.8 Å². The molecule has 1 atom stereocenters. The van der Waals surface area contributed by atoms with E-state index in [1.807, 2.05) is 0 Å². The Morgan fingerprint density at radius 2 is 2.16 bits per heavy atom. The Hall–Kier alpha value is -1.78. The van der Waals surface area contributed by atoms with Crippen LogP contribution >= 0.6 is 0 Å². The lowest BCUT2D eigenvalue weighted by molar-refractivity contribution is 0.0995. The van der Waals surface area contributed by atoms with Crippen molar-refractivity contribution in [1.29, 1.82) is 0 Å². The first kappa shape index (κ1) is 13.6. The lowest BCUT2D eigenvalue weighted by Crippen LogP contribution is -2.39. The highest BCUT2D eigenvalue weighted by atomic mass is 16.1. The van der Waals surface area contributed by atoms with Crippen LogP contribution in [0.25, 0.3) is 0 Å². The summed E-state index contributed by atoms with van der Waals surface area (Å²) < 4.78 is 0. The first-order valence-corrected chi connectivity index (χ1v) is 6.73. The van der Waals surface area contributed by atoms with Crippen molar-refractivity contribution in [3.63, 3.8) is 0 Å². The number of hydrogen-bond acceptors (Lipinski definition) is 4. The van der Waals surface area contributed by atoms with E-state index >= 15 is 0 Å². The van der Waals surface area contributed by atoms with Crippen molar-refractivity contribution in [3.05, 3.63) is 17.8 Å². The van der Waals surface area contributed by atoms with Crippen LogP contribution in [0.4, 0.5) is 11.5 Å². The van der Waals surface area contributed by atoms with E-state index in [9.17, 15) is 4.79 Å². The SMILES string of the molecule is CC1(C)CCCCC1Nc1nc(C(N)=O)ccc1N. The van der Waals surface area contributed by atoms with Crippen LogP contribution in [0.1, 0.15) is 50.0 Å². The molecule has 1 saturated carbocycles. The molecule has 0 spiro atoms. The summed E-state index contributed by atoms with van der Waals surface area (Å²) in [7, 11) is 0. The predicted molar refractivity (Wildman–Crippen MR) is 76.8 cm³/mol. The molecule has 5 heteroatoms. The number of aromatic nitrogens is 1. The molecule has 1 fully saturated rings. The summed E-state index contributed by atoms with van der Waals surface area (Å²) >= 11 is 0. The molecule has 5 N–H and O–H groups in total. The molecule has 1 heterocycles. The van der Waals surface area contributed by atoms with E-state index in [1.165, 1.54) is 19.3 Å². The van der Waals surface area contributed by atoms with Gasteiger partial charge in [0.1, 0.15) is 11.5 Å². The molecule has 104 valence electrons. The smallest absolute Gasteiger partial charge is 0.267 e. The van der Waals surface area contributed by atoms with Gasteiger partial charge in [0, 0.05) is 6.04 Å².